The first-order valence-corrected chi connectivity index (χ1v) is 14.1. The maximum Gasteiger partial charge on any atom is 0.227 e. The number of oxazole rings is 1. The SMILES string of the molecule is CC1(C)c2ccc(N(c3ccccc3)c3ccccc3)cc2-c2cc3nc(-c4ccc5ccccc5c4)oc3cc21. The molecule has 0 amide bonds. The average Bonchev–Trinajstić information content (AvgIpc) is 3.53. The van der Waals surface area contributed by atoms with Crippen LogP contribution in [0.15, 0.2) is 138 Å². The summed E-state index contributed by atoms with van der Waals surface area (Å²) < 4.78 is 6.38. The van der Waals surface area contributed by atoms with Crippen LogP contribution in [0.25, 0.3) is 44.5 Å². The number of fused-ring (bicyclic) bond motifs is 5. The Morgan fingerprint density at radius 1 is 0.561 bits per heavy atom. The zero-order chi connectivity index (χ0) is 27.6. The summed E-state index contributed by atoms with van der Waals surface area (Å²) in [4.78, 5) is 7.28. The topological polar surface area (TPSA) is 29.3 Å². The van der Waals surface area contributed by atoms with Crippen molar-refractivity contribution in [3.63, 3.8) is 0 Å². The second-order valence-corrected chi connectivity index (χ2v) is 11.3. The molecule has 0 spiro atoms. The molecule has 0 atom stereocenters. The number of hydrogen-bond acceptors (Lipinski definition) is 3. The van der Waals surface area contributed by atoms with Gasteiger partial charge >= 0.3 is 0 Å². The van der Waals surface area contributed by atoms with Crippen molar-refractivity contribution < 1.29 is 4.42 Å². The normalized spacial score (nSPS) is 13.3. The summed E-state index contributed by atoms with van der Waals surface area (Å²) in [5.74, 6) is 0.653. The summed E-state index contributed by atoms with van der Waals surface area (Å²) in [6.07, 6.45) is 0. The summed E-state index contributed by atoms with van der Waals surface area (Å²) in [5.41, 5.74) is 11.0. The van der Waals surface area contributed by atoms with E-state index in [1.165, 1.54) is 33.0 Å². The van der Waals surface area contributed by atoms with E-state index in [2.05, 4.69) is 152 Å². The predicted octanol–water partition coefficient (Wildman–Crippen LogP) is 10.4. The molecule has 0 aliphatic heterocycles. The van der Waals surface area contributed by atoms with Crippen LogP contribution < -0.4 is 4.90 Å². The Labute approximate surface area is 239 Å². The number of hydrogen-bond donors (Lipinski definition) is 0. The van der Waals surface area contributed by atoms with Gasteiger partial charge in [-0.1, -0.05) is 86.6 Å². The minimum atomic E-state index is -0.155. The Morgan fingerprint density at radius 3 is 1.95 bits per heavy atom. The second-order valence-electron chi connectivity index (χ2n) is 11.3. The minimum absolute atomic E-state index is 0.155. The van der Waals surface area contributed by atoms with Gasteiger partial charge in [0.25, 0.3) is 0 Å². The number of anilines is 3. The summed E-state index contributed by atoms with van der Waals surface area (Å²) in [5, 5.41) is 2.39. The van der Waals surface area contributed by atoms with Crippen molar-refractivity contribution in [2.24, 2.45) is 0 Å². The third kappa shape index (κ3) is 3.77. The monoisotopic (exact) mass is 528 g/mol. The fraction of sp³-hybridized carbons (Fsp3) is 0.0789. The fourth-order valence-electron chi connectivity index (χ4n) is 6.35. The summed E-state index contributed by atoms with van der Waals surface area (Å²) in [7, 11) is 0. The Bertz CT molecular complexity index is 2030. The molecule has 8 rings (SSSR count). The van der Waals surface area contributed by atoms with Gasteiger partial charge < -0.3 is 9.32 Å². The van der Waals surface area contributed by atoms with Crippen LogP contribution >= 0.6 is 0 Å². The van der Waals surface area contributed by atoms with E-state index in [1.807, 2.05) is 0 Å². The van der Waals surface area contributed by atoms with E-state index in [4.69, 9.17) is 9.40 Å². The Morgan fingerprint density at radius 2 is 1.22 bits per heavy atom. The van der Waals surface area contributed by atoms with E-state index in [0.29, 0.717) is 5.89 Å². The van der Waals surface area contributed by atoms with Crippen molar-refractivity contribution in [1.82, 2.24) is 4.98 Å². The van der Waals surface area contributed by atoms with E-state index < -0.39 is 0 Å². The molecule has 0 bridgehead atoms. The Hall–Kier alpha value is -5.15. The second kappa shape index (κ2) is 8.94. The molecule has 1 aliphatic carbocycles. The molecule has 0 saturated heterocycles. The van der Waals surface area contributed by atoms with Crippen LogP contribution in [0.1, 0.15) is 25.0 Å². The van der Waals surface area contributed by atoms with Crippen LogP contribution in [0.4, 0.5) is 17.1 Å². The van der Waals surface area contributed by atoms with E-state index >= 15 is 0 Å². The fourth-order valence-corrected chi connectivity index (χ4v) is 6.35. The molecule has 3 heteroatoms. The lowest BCUT2D eigenvalue weighted by atomic mass is 9.82. The van der Waals surface area contributed by atoms with Crippen LogP contribution in [-0.2, 0) is 5.41 Å². The van der Waals surface area contributed by atoms with Crippen LogP contribution in [0.5, 0.6) is 0 Å². The molecule has 0 unspecified atom stereocenters. The molecule has 0 N–H and O–H groups in total. The predicted molar refractivity (Wildman–Crippen MR) is 169 cm³/mol. The average molecular weight is 529 g/mol. The number of benzene rings is 6. The maximum absolute atomic E-state index is 6.38. The first-order valence-electron chi connectivity index (χ1n) is 14.1. The van der Waals surface area contributed by atoms with Crippen molar-refractivity contribution in [2.45, 2.75) is 19.3 Å². The minimum Gasteiger partial charge on any atom is -0.436 e. The molecule has 3 nitrogen and oxygen atoms in total. The quantitative estimate of drug-likeness (QED) is 0.228. The molecule has 0 radical (unpaired) electrons. The lowest BCUT2D eigenvalue weighted by Crippen LogP contribution is -2.15. The highest BCUT2D eigenvalue weighted by atomic mass is 16.3. The first-order chi connectivity index (χ1) is 20.1. The van der Waals surface area contributed by atoms with Crippen molar-refractivity contribution >= 4 is 38.9 Å². The van der Waals surface area contributed by atoms with Crippen molar-refractivity contribution in [2.75, 3.05) is 4.90 Å². The van der Waals surface area contributed by atoms with Crippen molar-refractivity contribution in [3.8, 4) is 22.6 Å². The molecule has 1 aromatic heterocycles. The number of para-hydroxylation sites is 2. The molecule has 7 aromatic rings. The first kappa shape index (κ1) is 23.7. The molecule has 0 saturated carbocycles. The third-order valence-corrected chi connectivity index (χ3v) is 8.45. The van der Waals surface area contributed by atoms with Gasteiger partial charge in [-0.25, -0.2) is 4.98 Å². The van der Waals surface area contributed by atoms with E-state index in [1.54, 1.807) is 0 Å². The van der Waals surface area contributed by atoms with Gasteiger partial charge in [0.05, 0.1) is 0 Å². The molecule has 196 valence electrons. The van der Waals surface area contributed by atoms with Crippen molar-refractivity contribution in [1.29, 1.82) is 0 Å². The molecule has 1 aliphatic rings. The van der Waals surface area contributed by atoms with Gasteiger partial charge in [-0.15, -0.1) is 0 Å². The maximum atomic E-state index is 6.38. The van der Waals surface area contributed by atoms with E-state index in [9.17, 15) is 0 Å². The van der Waals surface area contributed by atoms with Crippen LogP contribution in [0, 0.1) is 0 Å². The van der Waals surface area contributed by atoms with Gasteiger partial charge in [-0.05, 0) is 93.7 Å². The number of rotatable bonds is 4. The Kier molecular flexibility index (Phi) is 5.17. The molecule has 41 heavy (non-hydrogen) atoms. The van der Waals surface area contributed by atoms with Gasteiger partial charge in [0.15, 0.2) is 5.58 Å². The molecule has 1 heterocycles. The van der Waals surface area contributed by atoms with Crippen LogP contribution in [-0.4, -0.2) is 4.98 Å². The highest BCUT2D eigenvalue weighted by molar-refractivity contribution is 5.93. The zero-order valence-corrected chi connectivity index (χ0v) is 23.0. The highest BCUT2D eigenvalue weighted by Crippen LogP contribution is 2.52. The smallest absolute Gasteiger partial charge is 0.227 e. The zero-order valence-electron chi connectivity index (χ0n) is 23.0. The van der Waals surface area contributed by atoms with Crippen LogP contribution in [0.3, 0.4) is 0 Å². The highest BCUT2D eigenvalue weighted by Gasteiger charge is 2.37. The molecule has 0 fully saturated rings. The van der Waals surface area contributed by atoms with Gasteiger partial charge in [-0.2, -0.15) is 0 Å². The number of aromatic nitrogens is 1. The lowest BCUT2D eigenvalue weighted by Gasteiger charge is -2.27. The molecular formula is C38H28N2O. The van der Waals surface area contributed by atoms with Gasteiger partial charge in [-0.3, -0.25) is 0 Å². The largest absolute Gasteiger partial charge is 0.436 e. The molecular weight excluding hydrogens is 500 g/mol. The Balaban J connectivity index is 1.27. The lowest BCUT2D eigenvalue weighted by molar-refractivity contribution is 0.615. The van der Waals surface area contributed by atoms with Gasteiger partial charge in [0.2, 0.25) is 5.89 Å². The summed E-state index contributed by atoms with van der Waals surface area (Å²) in [6, 6.07) is 47.1. The summed E-state index contributed by atoms with van der Waals surface area (Å²) >= 11 is 0. The van der Waals surface area contributed by atoms with Crippen molar-refractivity contribution in [3.05, 3.63) is 145 Å². The standard InChI is InChI=1S/C38H28N2O/c1-38(2)33-20-19-30(40(28-13-5-3-6-14-28)29-15-7-4-8-16-29)22-31(33)32-23-35-36(24-34(32)38)41-37(39-35)27-18-17-25-11-9-10-12-26(25)21-27/h3-24H,1-2H3. The van der Waals surface area contributed by atoms with E-state index in [0.717, 1.165) is 33.7 Å². The van der Waals surface area contributed by atoms with E-state index in [-0.39, 0.29) is 5.41 Å². The van der Waals surface area contributed by atoms with Gasteiger partial charge in [0, 0.05) is 28.0 Å². The third-order valence-electron chi connectivity index (χ3n) is 8.45. The van der Waals surface area contributed by atoms with Crippen LogP contribution in [0.2, 0.25) is 0 Å². The van der Waals surface area contributed by atoms with Gasteiger partial charge in [0.1, 0.15) is 5.52 Å². The summed E-state index contributed by atoms with van der Waals surface area (Å²) in [6.45, 7) is 4.60. The number of nitrogens with zero attached hydrogens (tertiary/aromatic N) is 2. The molecule has 6 aromatic carbocycles.